The number of aryl methyl sites for hydroxylation is 1. The van der Waals surface area contributed by atoms with Crippen LogP contribution >= 0.6 is 11.8 Å². The molecule has 0 atom stereocenters. The van der Waals surface area contributed by atoms with E-state index in [2.05, 4.69) is 15.0 Å². The molecule has 214 valence electrons. The third-order valence-electron chi connectivity index (χ3n) is 7.16. The van der Waals surface area contributed by atoms with E-state index in [4.69, 9.17) is 0 Å². The molecule has 1 aliphatic rings. The Bertz CT molecular complexity index is 1450. The van der Waals surface area contributed by atoms with Gasteiger partial charge in [0.15, 0.2) is 0 Å². The van der Waals surface area contributed by atoms with E-state index < -0.39 is 22.0 Å². The smallest absolute Gasteiger partial charge is 0.543 e. The van der Waals surface area contributed by atoms with Crippen LogP contribution in [0.25, 0.3) is 11.1 Å². The van der Waals surface area contributed by atoms with Crippen LogP contribution in [0.15, 0.2) is 58.5 Å². The van der Waals surface area contributed by atoms with Crippen molar-refractivity contribution >= 4 is 33.8 Å². The first-order valence-electron chi connectivity index (χ1n) is 13.6. The molecule has 1 saturated carbocycles. The minimum Gasteiger partial charge on any atom is -0.543 e. The van der Waals surface area contributed by atoms with Gasteiger partial charge in [-0.25, -0.2) is 22.9 Å². The van der Waals surface area contributed by atoms with Crippen LogP contribution in [0.3, 0.4) is 0 Å². The van der Waals surface area contributed by atoms with Gasteiger partial charge >= 0.3 is 35.6 Å². The molecule has 0 unspecified atom stereocenters. The topological polar surface area (TPSA) is 133 Å². The van der Waals surface area contributed by atoms with E-state index in [1.54, 1.807) is 41.2 Å². The van der Waals surface area contributed by atoms with Crippen LogP contribution in [0, 0.1) is 5.92 Å². The van der Waals surface area contributed by atoms with Gasteiger partial charge in [0.1, 0.15) is 10.9 Å². The van der Waals surface area contributed by atoms with Gasteiger partial charge in [0.25, 0.3) is 10.0 Å². The second-order valence-corrected chi connectivity index (χ2v) is 12.5. The van der Waals surface area contributed by atoms with Crippen LogP contribution < -0.4 is 44.7 Å². The van der Waals surface area contributed by atoms with Gasteiger partial charge < -0.3 is 19.8 Å². The summed E-state index contributed by atoms with van der Waals surface area (Å²) in [6, 6.07) is 13.0. The summed E-state index contributed by atoms with van der Waals surface area (Å²) in [6.45, 7) is 2.75. The molecule has 0 saturated heterocycles. The van der Waals surface area contributed by atoms with Crippen molar-refractivity contribution in [2.24, 2.45) is 5.92 Å². The molecule has 0 aliphatic heterocycles. The van der Waals surface area contributed by atoms with Crippen molar-refractivity contribution < 1.29 is 52.7 Å². The van der Waals surface area contributed by atoms with E-state index in [-0.39, 0.29) is 46.7 Å². The second-order valence-electron chi connectivity index (χ2n) is 10.0. The number of benzene rings is 2. The number of rotatable bonds is 11. The first kappa shape index (κ1) is 33.2. The van der Waals surface area contributed by atoms with Crippen molar-refractivity contribution in [3.63, 3.8) is 0 Å². The van der Waals surface area contributed by atoms with E-state index in [0.29, 0.717) is 40.9 Å². The number of carbonyl (C=O) groups excluding carboxylic acids is 2. The average molecular weight is 607 g/mol. The molecular formula is C29H35N4NaO5S2. The van der Waals surface area contributed by atoms with Crippen LogP contribution in [0.1, 0.15) is 67.3 Å². The third kappa shape index (κ3) is 8.38. The van der Waals surface area contributed by atoms with Gasteiger partial charge in [0, 0.05) is 25.1 Å². The number of nitrogens with one attached hydrogen (secondary N) is 2. The van der Waals surface area contributed by atoms with Gasteiger partial charge in [-0.1, -0.05) is 68.7 Å². The second kappa shape index (κ2) is 15.2. The number of hydrogen-bond acceptors (Lipinski definition) is 7. The Labute approximate surface area is 268 Å². The number of carbonyl (C=O) groups is 2. The molecular weight excluding hydrogens is 571 g/mol. The van der Waals surface area contributed by atoms with E-state index in [9.17, 15) is 23.1 Å². The summed E-state index contributed by atoms with van der Waals surface area (Å²) < 4.78 is 30.2. The Hall–Kier alpha value is -2.31. The molecule has 2 amide bonds. The number of aromatic carboxylic acids is 1. The predicted octanol–water partition coefficient (Wildman–Crippen LogP) is 1.21. The summed E-state index contributed by atoms with van der Waals surface area (Å²) in [5, 5.41) is 15.0. The maximum atomic E-state index is 13.2. The van der Waals surface area contributed by atoms with Gasteiger partial charge in [-0.15, -0.1) is 11.8 Å². The van der Waals surface area contributed by atoms with Gasteiger partial charge in [-0.05, 0) is 48.6 Å². The fourth-order valence-corrected chi connectivity index (χ4v) is 6.90. The number of imidazole rings is 1. The standard InChI is InChI=1S/C29H36N4O5S2.Na/c1-3-9-25-31-27(39-2)26(28(34)35)33(25)19-21-14-16-22(17-15-21)23-12-7-8-13-24(23)40(37,38)32-29(36)30-18-20-10-5-4-6-11-20;/h7-8,12-17,20H,3-6,9-11,18-19H2,1-2H3,(H,34,35)(H2,30,32,36);/q;+1/p-1. The molecule has 3 aromatic rings. The fourth-order valence-electron chi connectivity index (χ4n) is 5.15. The Morgan fingerprint density at radius 3 is 2.39 bits per heavy atom. The molecule has 9 nitrogen and oxygen atoms in total. The summed E-state index contributed by atoms with van der Waals surface area (Å²) in [7, 11) is -4.13. The maximum absolute atomic E-state index is 13.2. The van der Waals surface area contributed by atoms with Gasteiger partial charge in [0.2, 0.25) is 0 Å². The van der Waals surface area contributed by atoms with Crippen LogP contribution in [0.4, 0.5) is 4.79 Å². The van der Waals surface area contributed by atoms with Crippen molar-refractivity contribution in [1.82, 2.24) is 19.6 Å². The number of amides is 2. The number of nitrogens with zero attached hydrogens (tertiary/aromatic N) is 2. The third-order valence-corrected chi connectivity index (χ3v) is 9.22. The van der Waals surface area contributed by atoms with Crippen molar-refractivity contribution in [3.8, 4) is 11.1 Å². The van der Waals surface area contributed by atoms with Crippen molar-refractivity contribution in [3.05, 3.63) is 65.6 Å². The van der Waals surface area contributed by atoms with E-state index >= 15 is 0 Å². The number of thioether (sulfide) groups is 1. The molecule has 1 aromatic heterocycles. The largest absolute Gasteiger partial charge is 1.00 e. The molecule has 41 heavy (non-hydrogen) atoms. The summed E-state index contributed by atoms with van der Waals surface area (Å²) in [5.74, 6) is -0.215. The summed E-state index contributed by atoms with van der Waals surface area (Å²) in [4.78, 5) is 28.9. The number of carboxylic acid groups (broad SMARTS) is 1. The van der Waals surface area contributed by atoms with Crippen LogP contribution in [-0.4, -0.2) is 42.8 Å². The minimum absolute atomic E-state index is 0. The number of sulfonamides is 1. The van der Waals surface area contributed by atoms with Gasteiger partial charge in [-0.2, -0.15) is 0 Å². The van der Waals surface area contributed by atoms with Crippen LogP contribution in [0.2, 0.25) is 0 Å². The Kier molecular flexibility index (Phi) is 12.3. The van der Waals surface area contributed by atoms with Crippen LogP contribution in [-0.2, 0) is 23.0 Å². The summed E-state index contributed by atoms with van der Waals surface area (Å²) >= 11 is 1.27. The van der Waals surface area contributed by atoms with Gasteiger partial charge in [0.05, 0.1) is 16.6 Å². The average Bonchev–Trinajstić information content (AvgIpc) is 3.30. The molecule has 2 N–H and O–H groups in total. The zero-order chi connectivity index (χ0) is 28.7. The molecule has 1 aliphatic carbocycles. The Morgan fingerprint density at radius 2 is 1.76 bits per heavy atom. The first-order chi connectivity index (χ1) is 19.2. The van der Waals surface area contributed by atoms with Gasteiger partial charge in [-0.3, -0.25) is 0 Å². The fraction of sp³-hybridized carbons (Fsp3) is 0.414. The minimum atomic E-state index is -4.13. The quantitative estimate of drug-likeness (QED) is 0.248. The molecule has 1 heterocycles. The normalized spacial score (nSPS) is 13.8. The number of carboxylic acids is 1. The molecule has 1 fully saturated rings. The molecule has 0 radical (unpaired) electrons. The monoisotopic (exact) mass is 606 g/mol. The number of hydrogen-bond donors (Lipinski definition) is 2. The van der Waals surface area contributed by atoms with E-state index in [1.165, 1.54) is 24.2 Å². The van der Waals surface area contributed by atoms with Crippen molar-refractivity contribution in [1.29, 1.82) is 0 Å². The number of urea groups is 1. The molecule has 12 heteroatoms. The zero-order valence-electron chi connectivity index (χ0n) is 23.8. The Balaban J connectivity index is 0.00000462. The van der Waals surface area contributed by atoms with E-state index in [1.807, 2.05) is 19.1 Å². The van der Waals surface area contributed by atoms with E-state index in [0.717, 1.165) is 37.7 Å². The maximum Gasteiger partial charge on any atom is 1.00 e. The van der Waals surface area contributed by atoms with Crippen molar-refractivity contribution in [2.45, 2.75) is 68.3 Å². The molecule has 4 rings (SSSR count). The number of aromatic nitrogens is 2. The molecule has 2 aromatic carbocycles. The molecule has 0 bridgehead atoms. The SMILES string of the molecule is CCCc1nc(SC)c(C(=O)[O-])n1Cc1ccc(-c2ccccc2S(=O)(=O)NC(=O)NCC2CCCCC2)cc1.[Na+]. The zero-order valence-corrected chi connectivity index (χ0v) is 27.4. The predicted molar refractivity (Wildman–Crippen MR) is 154 cm³/mol. The molecule has 0 spiro atoms. The van der Waals surface area contributed by atoms with Crippen molar-refractivity contribution in [2.75, 3.05) is 12.8 Å². The first-order valence-corrected chi connectivity index (χ1v) is 16.3. The Morgan fingerprint density at radius 1 is 1.07 bits per heavy atom. The summed E-state index contributed by atoms with van der Waals surface area (Å²) in [5.41, 5.74) is 1.99. The van der Waals surface area contributed by atoms with Crippen LogP contribution in [0.5, 0.6) is 0 Å². The summed E-state index contributed by atoms with van der Waals surface area (Å²) in [6.07, 6.45) is 8.79.